The highest BCUT2D eigenvalue weighted by molar-refractivity contribution is 7.90. The van der Waals surface area contributed by atoms with Gasteiger partial charge < -0.3 is 9.73 Å². The number of halogens is 1. The minimum atomic E-state index is -3.50. The first kappa shape index (κ1) is 17.3. The summed E-state index contributed by atoms with van der Waals surface area (Å²) >= 11 is 1.33. The van der Waals surface area contributed by atoms with E-state index >= 15 is 0 Å². The van der Waals surface area contributed by atoms with Crippen molar-refractivity contribution in [3.05, 3.63) is 53.5 Å². The molecule has 0 aliphatic carbocycles. The summed E-state index contributed by atoms with van der Waals surface area (Å²) in [5.74, 6) is -0.611. The van der Waals surface area contributed by atoms with Gasteiger partial charge in [-0.25, -0.2) is 17.8 Å². The van der Waals surface area contributed by atoms with Crippen LogP contribution in [0.1, 0.15) is 5.69 Å². The number of benzene rings is 1. The van der Waals surface area contributed by atoms with E-state index in [2.05, 4.69) is 10.3 Å². The van der Waals surface area contributed by atoms with Crippen LogP contribution in [0.25, 0.3) is 10.8 Å². The smallest absolute Gasteiger partial charge is 0.230 e. The van der Waals surface area contributed by atoms with Gasteiger partial charge in [-0.1, -0.05) is 0 Å². The fraction of sp³-hybridized carbons (Fsp3) is 0.125. The van der Waals surface area contributed by atoms with Gasteiger partial charge in [0.1, 0.15) is 5.82 Å². The molecular formula is C16H13FN2O4S2. The normalized spacial score (nSPS) is 11.4. The number of aromatic nitrogens is 1. The molecule has 0 spiro atoms. The van der Waals surface area contributed by atoms with Crippen molar-refractivity contribution in [1.29, 1.82) is 0 Å². The predicted molar refractivity (Wildman–Crippen MR) is 91.7 cm³/mol. The van der Waals surface area contributed by atoms with Gasteiger partial charge in [0.05, 0.1) is 29.0 Å². The average molecular weight is 380 g/mol. The molecule has 0 atom stereocenters. The van der Waals surface area contributed by atoms with Crippen LogP contribution in [0.5, 0.6) is 0 Å². The topological polar surface area (TPSA) is 89.3 Å². The number of nitrogens with one attached hydrogen (secondary N) is 1. The number of carbonyl (C=O) groups excluding carboxylic acids is 1. The van der Waals surface area contributed by atoms with Crippen LogP contribution >= 0.6 is 11.3 Å². The number of amides is 1. The van der Waals surface area contributed by atoms with Crippen LogP contribution < -0.4 is 5.32 Å². The van der Waals surface area contributed by atoms with E-state index in [-0.39, 0.29) is 17.0 Å². The zero-order valence-corrected chi connectivity index (χ0v) is 14.7. The Hall–Kier alpha value is -2.52. The Kier molecular flexibility index (Phi) is 4.69. The van der Waals surface area contributed by atoms with Gasteiger partial charge in [0.25, 0.3) is 0 Å². The van der Waals surface area contributed by atoms with Crippen molar-refractivity contribution in [2.24, 2.45) is 0 Å². The number of hydrogen-bond acceptors (Lipinski definition) is 6. The summed E-state index contributed by atoms with van der Waals surface area (Å²) in [6.45, 7) is 0. The molecule has 0 saturated heterocycles. The third kappa shape index (κ3) is 4.12. The van der Waals surface area contributed by atoms with Gasteiger partial charge in [-0.15, -0.1) is 11.3 Å². The molecule has 3 rings (SSSR count). The number of nitrogens with zero attached hydrogens (tertiary/aromatic N) is 1. The molecule has 2 aromatic heterocycles. The first-order valence-electron chi connectivity index (χ1n) is 7.10. The Morgan fingerprint density at radius 3 is 2.84 bits per heavy atom. The number of sulfone groups is 1. The van der Waals surface area contributed by atoms with Gasteiger partial charge in [0.2, 0.25) is 5.91 Å². The average Bonchev–Trinajstić information content (AvgIpc) is 3.19. The van der Waals surface area contributed by atoms with Crippen LogP contribution in [0.3, 0.4) is 0 Å². The van der Waals surface area contributed by atoms with Crippen molar-refractivity contribution in [3.63, 3.8) is 0 Å². The van der Waals surface area contributed by atoms with E-state index in [1.807, 2.05) is 0 Å². The van der Waals surface area contributed by atoms with Gasteiger partial charge in [-0.05, 0) is 30.3 Å². The Labute approximate surface area is 147 Å². The largest absolute Gasteiger partial charge is 0.462 e. The SMILES string of the molecule is CS(=O)(=O)c1ccc(F)c(NC(=O)Cc2csc(-c3ccco3)n2)c1. The van der Waals surface area contributed by atoms with Gasteiger partial charge in [-0.2, -0.15) is 0 Å². The lowest BCUT2D eigenvalue weighted by molar-refractivity contribution is -0.115. The molecule has 0 aliphatic rings. The summed E-state index contributed by atoms with van der Waals surface area (Å²) in [5, 5.41) is 4.72. The van der Waals surface area contributed by atoms with Crippen molar-refractivity contribution >= 4 is 32.8 Å². The molecule has 130 valence electrons. The maximum Gasteiger partial charge on any atom is 0.230 e. The van der Waals surface area contributed by atoms with Crippen molar-refractivity contribution in [2.75, 3.05) is 11.6 Å². The third-order valence-corrected chi connectivity index (χ3v) is 5.28. The molecule has 0 bridgehead atoms. The second kappa shape index (κ2) is 6.77. The van der Waals surface area contributed by atoms with Crippen LogP contribution in [0, 0.1) is 5.82 Å². The van der Waals surface area contributed by atoms with Crippen LogP contribution in [-0.2, 0) is 21.1 Å². The van der Waals surface area contributed by atoms with E-state index in [9.17, 15) is 17.6 Å². The molecule has 9 heteroatoms. The van der Waals surface area contributed by atoms with Crippen LogP contribution in [0.4, 0.5) is 10.1 Å². The number of rotatable bonds is 5. The Morgan fingerprint density at radius 2 is 2.16 bits per heavy atom. The zero-order chi connectivity index (χ0) is 18.0. The van der Waals surface area contributed by atoms with E-state index in [1.165, 1.54) is 17.6 Å². The lowest BCUT2D eigenvalue weighted by Gasteiger charge is -2.07. The Bertz CT molecular complexity index is 1010. The number of hydrogen-bond donors (Lipinski definition) is 1. The van der Waals surface area contributed by atoms with Crippen molar-refractivity contribution in [3.8, 4) is 10.8 Å². The lowest BCUT2D eigenvalue weighted by Crippen LogP contribution is -2.16. The predicted octanol–water partition coefficient (Wildman–Crippen LogP) is 3.13. The second-order valence-electron chi connectivity index (χ2n) is 5.26. The Morgan fingerprint density at radius 1 is 1.36 bits per heavy atom. The number of furan rings is 1. The highest BCUT2D eigenvalue weighted by Gasteiger charge is 2.15. The minimum absolute atomic E-state index is 0.0697. The molecule has 1 amide bonds. The summed E-state index contributed by atoms with van der Waals surface area (Å²) in [6, 6.07) is 6.74. The summed E-state index contributed by atoms with van der Waals surface area (Å²) < 4.78 is 42.1. The van der Waals surface area contributed by atoms with Crippen LogP contribution in [-0.4, -0.2) is 25.6 Å². The number of carbonyl (C=O) groups is 1. The highest BCUT2D eigenvalue weighted by atomic mass is 32.2. The molecule has 6 nitrogen and oxygen atoms in total. The highest BCUT2D eigenvalue weighted by Crippen LogP contribution is 2.24. The fourth-order valence-corrected chi connectivity index (χ4v) is 3.52. The van der Waals surface area contributed by atoms with Gasteiger partial charge >= 0.3 is 0 Å². The maximum absolute atomic E-state index is 13.8. The van der Waals surface area contributed by atoms with Crippen molar-refractivity contribution in [2.45, 2.75) is 11.3 Å². The molecule has 0 unspecified atom stereocenters. The molecule has 3 aromatic rings. The molecule has 0 fully saturated rings. The molecule has 1 N–H and O–H groups in total. The Balaban J connectivity index is 1.73. The zero-order valence-electron chi connectivity index (χ0n) is 13.0. The first-order valence-corrected chi connectivity index (χ1v) is 9.88. The molecule has 0 aliphatic heterocycles. The van der Waals surface area contributed by atoms with Crippen molar-refractivity contribution in [1.82, 2.24) is 4.98 Å². The molecule has 1 aromatic carbocycles. The standard InChI is InChI=1S/C16H13FN2O4S2/c1-25(21,22)11-4-5-12(17)13(8-11)19-15(20)7-10-9-24-16(18-10)14-3-2-6-23-14/h2-6,8-9H,7H2,1H3,(H,19,20). The molecule has 0 radical (unpaired) electrons. The number of anilines is 1. The molecule has 0 saturated carbocycles. The van der Waals surface area contributed by atoms with Gasteiger partial charge in [0.15, 0.2) is 20.6 Å². The summed E-state index contributed by atoms with van der Waals surface area (Å²) in [4.78, 5) is 16.3. The quantitative estimate of drug-likeness (QED) is 0.687. The maximum atomic E-state index is 13.8. The van der Waals surface area contributed by atoms with E-state index in [4.69, 9.17) is 4.42 Å². The molecule has 25 heavy (non-hydrogen) atoms. The third-order valence-electron chi connectivity index (χ3n) is 3.27. The summed E-state index contributed by atoms with van der Waals surface area (Å²) in [5.41, 5.74) is 0.322. The van der Waals surface area contributed by atoms with E-state index in [0.717, 1.165) is 24.5 Å². The monoisotopic (exact) mass is 380 g/mol. The van der Waals surface area contributed by atoms with Crippen LogP contribution in [0.15, 0.2) is 51.3 Å². The summed E-state index contributed by atoms with van der Waals surface area (Å²) in [6.07, 6.45) is 2.47. The lowest BCUT2D eigenvalue weighted by atomic mass is 10.2. The first-order chi connectivity index (χ1) is 11.8. The van der Waals surface area contributed by atoms with Crippen molar-refractivity contribution < 1.29 is 22.0 Å². The summed E-state index contributed by atoms with van der Waals surface area (Å²) in [7, 11) is -3.50. The number of thiazole rings is 1. The minimum Gasteiger partial charge on any atom is -0.462 e. The van der Waals surface area contributed by atoms with E-state index < -0.39 is 21.6 Å². The van der Waals surface area contributed by atoms with Gasteiger partial charge in [-0.3, -0.25) is 4.79 Å². The van der Waals surface area contributed by atoms with E-state index in [1.54, 1.807) is 17.5 Å². The van der Waals surface area contributed by atoms with Crippen LogP contribution in [0.2, 0.25) is 0 Å². The molecular weight excluding hydrogens is 367 g/mol. The van der Waals surface area contributed by atoms with Gasteiger partial charge in [0, 0.05) is 11.6 Å². The fourth-order valence-electron chi connectivity index (χ4n) is 2.09. The van der Waals surface area contributed by atoms with E-state index in [0.29, 0.717) is 16.5 Å². The second-order valence-corrected chi connectivity index (χ2v) is 8.13. The molecule has 2 heterocycles.